The lowest BCUT2D eigenvalue weighted by molar-refractivity contribution is -0.386. The number of anilines is 1. The lowest BCUT2D eigenvalue weighted by atomic mass is 10.0. The van der Waals surface area contributed by atoms with Crippen molar-refractivity contribution in [3.63, 3.8) is 0 Å². The summed E-state index contributed by atoms with van der Waals surface area (Å²) >= 11 is 6.07. The molecule has 0 bridgehead atoms. The molecule has 2 aliphatic heterocycles. The minimum Gasteiger partial charge on any atom is -0.502 e. The largest absolute Gasteiger partial charge is 0.502 e. The number of carbonyl (C=O) groups is 1. The Bertz CT molecular complexity index is 945. The lowest BCUT2D eigenvalue weighted by Gasteiger charge is -2.39. The molecule has 0 unspecified atom stereocenters. The Morgan fingerprint density at radius 1 is 1.36 bits per heavy atom. The minimum absolute atomic E-state index is 0.102. The van der Waals surface area contributed by atoms with Gasteiger partial charge in [0.15, 0.2) is 0 Å². The predicted octanol–water partition coefficient (Wildman–Crippen LogP) is 3.70. The van der Waals surface area contributed by atoms with Crippen molar-refractivity contribution in [2.75, 3.05) is 18.5 Å². The average molecular weight is 404 g/mol. The number of nitrogens with zero attached hydrogens (tertiary/aromatic N) is 2. The van der Waals surface area contributed by atoms with Crippen LogP contribution in [0.4, 0.5) is 11.4 Å². The van der Waals surface area contributed by atoms with Crippen molar-refractivity contribution in [3.8, 4) is 5.75 Å². The highest BCUT2D eigenvalue weighted by molar-refractivity contribution is 6.31. The summed E-state index contributed by atoms with van der Waals surface area (Å²) < 4.78 is 5.67. The number of phenols is 1. The van der Waals surface area contributed by atoms with E-state index in [1.165, 1.54) is 11.0 Å². The van der Waals surface area contributed by atoms with Crippen LogP contribution in [0, 0.1) is 10.1 Å². The first-order valence-electron chi connectivity index (χ1n) is 8.90. The molecule has 2 aromatic carbocycles. The number of fused-ring (bicyclic) bond motifs is 1. The fourth-order valence-corrected chi connectivity index (χ4v) is 3.91. The van der Waals surface area contributed by atoms with Gasteiger partial charge in [-0.3, -0.25) is 14.9 Å². The zero-order chi connectivity index (χ0) is 19.8. The highest BCUT2D eigenvalue weighted by atomic mass is 35.5. The molecule has 9 heteroatoms. The van der Waals surface area contributed by atoms with E-state index in [9.17, 15) is 20.0 Å². The first kappa shape index (κ1) is 18.5. The van der Waals surface area contributed by atoms with E-state index >= 15 is 0 Å². The number of nitro benzene ring substituents is 1. The van der Waals surface area contributed by atoms with Crippen LogP contribution in [0.15, 0.2) is 36.4 Å². The monoisotopic (exact) mass is 403 g/mol. The number of benzene rings is 2. The second kappa shape index (κ2) is 7.29. The Morgan fingerprint density at radius 2 is 2.14 bits per heavy atom. The number of para-hydroxylation sites is 1. The van der Waals surface area contributed by atoms with E-state index in [1.807, 2.05) is 0 Å². The van der Waals surface area contributed by atoms with E-state index in [4.69, 9.17) is 16.3 Å². The van der Waals surface area contributed by atoms with E-state index in [-0.39, 0.29) is 22.6 Å². The van der Waals surface area contributed by atoms with E-state index in [0.717, 1.165) is 18.9 Å². The molecule has 2 atom stereocenters. The Morgan fingerprint density at radius 3 is 2.86 bits per heavy atom. The van der Waals surface area contributed by atoms with Gasteiger partial charge >= 0.3 is 5.69 Å². The number of aromatic hydroxyl groups is 1. The van der Waals surface area contributed by atoms with Gasteiger partial charge in [-0.1, -0.05) is 23.7 Å². The number of carbonyl (C=O) groups excluding carboxylic acids is 1. The van der Waals surface area contributed by atoms with Crippen LogP contribution in [-0.2, 0) is 4.74 Å². The molecule has 2 N–H and O–H groups in total. The lowest BCUT2D eigenvalue weighted by Crippen LogP contribution is -2.46. The van der Waals surface area contributed by atoms with Gasteiger partial charge in [0.25, 0.3) is 5.91 Å². The van der Waals surface area contributed by atoms with Gasteiger partial charge in [-0.15, -0.1) is 0 Å². The van der Waals surface area contributed by atoms with Gasteiger partial charge in [0.2, 0.25) is 5.75 Å². The van der Waals surface area contributed by atoms with Crippen LogP contribution in [0.3, 0.4) is 0 Å². The number of phenolic OH excluding ortho intramolecular Hbond substituents is 1. The van der Waals surface area contributed by atoms with Gasteiger partial charge < -0.3 is 20.1 Å². The number of amides is 1. The molecule has 0 radical (unpaired) electrons. The first-order chi connectivity index (χ1) is 13.5. The fourth-order valence-electron chi connectivity index (χ4n) is 3.69. The van der Waals surface area contributed by atoms with Crippen molar-refractivity contribution in [2.45, 2.75) is 25.1 Å². The van der Waals surface area contributed by atoms with Crippen LogP contribution in [-0.4, -0.2) is 40.1 Å². The zero-order valence-corrected chi connectivity index (χ0v) is 15.6. The van der Waals surface area contributed by atoms with Crippen LogP contribution in [0.5, 0.6) is 5.75 Å². The molecular formula is C19H18ClN3O5. The summed E-state index contributed by atoms with van der Waals surface area (Å²) in [6.07, 6.45) is 0.786. The standard InChI is InChI=1S/C19H18ClN3O5/c20-11-8-14(17(24)16(9-11)23(26)27)18-21-15-6-2-1-5-13(15)19(25)22(18)10-12-4-3-7-28-12/h1-2,5-6,8-9,12,18,21,24H,3-4,7,10H2/t12-,18+/m0/s1. The van der Waals surface area contributed by atoms with Gasteiger partial charge in [0.1, 0.15) is 6.17 Å². The molecule has 1 amide bonds. The maximum atomic E-state index is 13.2. The second-order valence-electron chi connectivity index (χ2n) is 6.80. The third kappa shape index (κ3) is 3.25. The molecule has 1 saturated heterocycles. The number of hydrogen-bond acceptors (Lipinski definition) is 6. The van der Waals surface area contributed by atoms with Crippen LogP contribution in [0.25, 0.3) is 0 Å². The summed E-state index contributed by atoms with van der Waals surface area (Å²) in [5.74, 6) is -0.756. The zero-order valence-electron chi connectivity index (χ0n) is 14.8. The Hall–Kier alpha value is -2.84. The molecule has 1 fully saturated rings. The predicted molar refractivity (Wildman–Crippen MR) is 103 cm³/mol. The number of nitrogens with one attached hydrogen (secondary N) is 1. The molecule has 8 nitrogen and oxygen atoms in total. The molecule has 0 spiro atoms. The first-order valence-corrected chi connectivity index (χ1v) is 9.28. The van der Waals surface area contributed by atoms with Gasteiger partial charge in [-0.05, 0) is 31.0 Å². The molecule has 2 aliphatic rings. The van der Waals surface area contributed by atoms with E-state index in [1.54, 1.807) is 24.3 Å². The quantitative estimate of drug-likeness (QED) is 0.595. The van der Waals surface area contributed by atoms with Crippen molar-refractivity contribution < 1.29 is 19.6 Å². The van der Waals surface area contributed by atoms with Crippen LogP contribution in [0.1, 0.15) is 34.9 Å². The Kier molecular flexibility index (Phi) is 4.82. The smallest absolute Gasteiger partial charge is 0.312 e. The van der Waals surface area contributed by atoms with Gasteiger partial charge in [-0.25, -0.2) is 0 Å². The van der Waals surface area contributed by atoms with Crippen molar-refractivity contribution in [1.29, 1.82) is 0 Å². The molecule has 0 saturated carbocycles. The topological polar surface area (TPSA) is 105 Å². The number of rotatable bonds is 4. The normalized spacial score (nSPS) is 21.3. The van der Waals surface area contributed by atoms with Crippen LogP contribution < -0.4 is 5.32 Å². The highest BCUT2D eigenvalue weighted by Crippen LogP contribution is 2.42. The molecule has 0 aliphatic carbocycles. The highest BCUT2D eigenvalue weighted by Gasteiger charge is 2.37. The molecule has 2 heterocycles. The second-order valence-corrected chi connectivity index (χ2v) is 7.24. The summed E-state index contributed by atoms with van der Waals surface area (Å²) in [7, 11) is 0. The third-order valence-electron chi connectivity index (χ3n) is 5.02. The maximum absolute atomic E-state index is 13.2. The van der Waals surface area contributed by atoms with Gasteiger partial charge in [0.05, 0.1) is 16.6 Å². The third-order valence-corrected chi connectivity index (χ3v) is 5.24. The molecule has 4 rings (SSSR count). The summed E-state index contributed by atoms with van der Waals surface area (Å²) in [5.41, 5.74) is 0.739. The number of hydrogen-bond donors (Lipinski definition) is 2. The summed E-state index contributed by atoms with van der Waals surface area (Å²) in [6.45, 7) is 0.930. The molecule has 0 aromatic heterocycles. The minimum atomic E-state index is -0.816. The number of halogens is 1. The van der Waals surface area contributed by atoms with E-state index in [2.05, 4.69) is 5.32 Å². The molecular weight excluding hydrogens is 386 g/mol. The van der Waals surface area contributed by atoms with Crippen LogP contribution >= 0.6 is 11.6 Å². The molecule has 28 heavy (non-hydrogen) atoms. The maximum Gasteiger partial charge on any atom is 0.312 e. The average Bonchev–Trinajstić information content (AvgIpc) is 3.18. The fraction of sp³-hybridized carbons (Fsp3) is 0.316. The summed E-state index contributed by atoms with van der Waals surface area (Å²) in [6, 6.07) is 9.54. The van der Waals surface area contributed by atoms with E-state index < -0.39 is 22.5 Å². The van der Waals surface area contributed by atoms with E-state index in [0.29, 0.717) is 24.4 Å². The van der Waals surface area contributed by atoms with Crippen molar-refractivity contribution in [1.82, 2.24) is 4.90 Å². The summed E-state index contributed by atoms with van der Waals surface area (Å²) in [5, 5.41) is 25.1. The van der Waals surface area contributed by atoms with Crippen LogP contribution in [0.2, 0.25) is 5.02 Å². The number of ether oxygens (including phenoxy) is 1. The van der Waals surface area contributed by atoms with Gasteiger partial charge in [-0.2, -0.15) is 0 Å². The van der Waals surface area contributed by atoms with Crippen molar-refractivity contribution >= 4 is 28.9 Å². The number of nitro groups is 1. The van der Waals surface area contributed by atoms with Gasteiger partial charge in [0, 0.05) is 35.5 Å². The molecule has 2 aromatic rings. The SMILES string of the molecule is O=C1c2ccccc2N[C@@H](c2cc(Cl)cc([N+](=O)[O-])c2O)N1C[C@@H]1CCCO1. The Balaban J connectivity index is 1.81. The van der Waals surface area contributed by atoms with Crippen molar-refractivity contribution in [3.05, 3.63) is 62.7 Å². The Labute approximate surface area is 165 Å². The molecule has 146 valence electrons. The van der Waals surface area contributed by atoms with Crippen molar-refractivity contribution in [2.24, 2.45) is 0 Å². The summed E-state index contributed by atoms with van der Waals surface area (Å²) in [4.78, 5) is 25.3.